The summed E-state index contributed by atoms with van der Waals surface area (Å²) in [5.41, 5.74) is 1.10. The number of nitrogens with one attached hydrogen (secondary N) is 1. The maximum Gasteiger partial charge on any atom is 0.261 e. The number of halogens is 1. The number of rotatable bonds is 4. The van der Waals surface area contributed by atoms with Crippen molar-refractivity contribution >= 4 is 23.2 Å². The van der Waals surface area contributed by atoms with Crippen LogP contribution in [0.5, 0.6) is 5.88 Å². The zero-order valence-electron chi connectivity index (χ0n) is 11.3. The van der Waals surface area contributed by atoms with Crippen molar-refractivity contribution in [1.82, 2.24) is 4.98 Å². The third-order valence-corrected chi connectivity index (χ3v) is 2.97. The van der Waals surface area contributed by atoms with Gasteiger partial charge in [0.15, 0.2) is 0 Å². The number of hydrogen-bond acceptors (Lipinski definition) is 4. The van der Waals surface area contributed by atoms with Crippen molar-refractivity contribution in [1.29, 1.82) is 5.26 Å². The van der Waals surface area contributed by atoms with Gasteiger partial charge in [-0.2, -0.15) is 5.26 Å². The van der Waals surface area contributed by atoms with Gasteiger partial charge in [-0.3, -0.25) is 4.79 Å². The highest BCUT2D eigenvalue weighted by Gasteiger charge is 2.14. The molecule has 106 valence electrons. The highest BCUT2D eigenvalue weighted by atomic mass is 35.5. The topological polar surface area (TPSA) is 75.0 Å². The van der Waals surface area contributed by atoms with Gasteiger partial charge in [0.1, 0.15) is 11.6 Å². The minimum Gasteiger partial charge on any atom is -0.477 e. The van der Waals surface area contributed by atoms with E-state index in [-0.39, 0.29) is 11.8 Å². The van der Waals surface area contributed by atoms with E-state index in [4.69, 9.17) is 21.6 Å². The lowest BCUT2D eigenvalue weighted by molar-refractivity contribution is 0.102. The zero-order valence-corrected chi connectivity index (χ0v) is 12.0. The fraction of sp³-hybridized carbons (Fsp3) is 0.133. The SMILES string of the molecule is CCOc1ncccc1C(=O)Nc1ccc(Cl)c(C#N)c1. The predicted molar refractivity (Wildman–Crippen MR) is 79.5 cm³/mol. The summed E-state index contributed by atoms with van der Waals surface area (Å²) >= 11 is 5.85. The van der Waals surface area contributed by atoms with Crippen LogP contribution < -0.4 is 10.1 Å². The Morgan fingerprint density at radius 2 is 2.29 bits per heavy atom. The Bertz CT molecular complexity index is 710. The van der Waals surface area contributed by atoms with Crippen LogP contribution in [0.25, 0.3) is 0 Å². The van der Waals surface area contributed by atoms with Crippen molar-refractivity contribution in [2.45, 2.75) is 6.92 Å². The number of benzene rings is 1. The van der Waals surface area contributed by atoms with Crippen molar-refractivity contribution in [3.8, 4) is 11.9 Å². The first-order valence-electron chi connectivity index (χ1n) is 6.24. The molecule has 2 aromatic rings. The minimum atomic E-state index is -0.363. The smallest absolute Gasteiger partial charge is 0.261 e. The molecule has 0 unspecified atom stereocenters. The monoisotopic (exact) mass is 301 g/mol. The number of carbonyl (C=O) groups is 1. The van der Waals surface area contributed by atoms with Crippen LogP contribution in [-0.4, -0.2) is 17.5 Å². The molecule has 1 aromatic carbocycles. The Kier molecular flexibility index (Phi) is 4.75. The van der Waals surface area contributed by atoms with Gasteiger partial charge in [0.2, 0.25) is 5.88 Å². The maximum atomic E-state index is 12.2. The van der Waals surface area contributed by atoms with E-state index < -0.39 is 0 Å². The third-order valence-electron chi connectivity index (χ3n) is 2.64. The molecule has 0 saturated carbocycles. The second kappa shape index (κ2) is 6.73. The number of anilines is 1. The van der Waals surface area contributed by atoms with Gasteiger partial charge in [-0.25, -0.2) is 4.98 Å². The van der Waals surface area contributed by atoms with Crippen LogP contribution in [0.1, 0.15) is 22.8 Å². The standard InChI is InChI=1S/C15H12ClN3O2/c1-2-21-15-12(4-3-7-18-15)14(20)19-11-5-6-13(16)10(8-11)9-17/h3-8H,2H2,1H3,(H,19,20). The largest absolute Gasteiger partial charge is 0.477 e. The van der Waals surface area contributed by atoms with E-state index in [1.807, 2.05) is 13.0 Å². The predicted octanol–water partition coefficient (Wildman–Crippen LogP) is 3.26. The van der Waals surface area contributed by atoms with Crippen molar-refractivity contribution in [2.24, 2.45) is 0 Å². The van der Waals surface area contributed by atoms with Crippen LogP contribution in [0, 0.1) is 11.3 Å². The summed E-state index contributed by atoms with van der Waals surface area (Å²) in [6.45, 7) is 2.23. The molecular formula is C15H12ClN3O2. The first kappa shape index (κ1) is 14.8. The summed E-state index contributed by atoms with van der Waals surface area (Å²) in [6.07, 6.45) is 1.55. The maximum absolute atomic E-state index is 12.2. The second-order valence-electron chi connectivity index (χ2n) is 4.05. The molecule has 21 heavy (non-hydrogen) atoms. The average molecular weight is 302 g/mol. The second-order valence-corrected chi connectivity index (χ2v) is 4.46. The van der Waals surface area contributed by atoms with E-state index in [1.54, 1.807) is 30.5 Å². The van der Waals surface area contributed by atoms with Crippen LogP contribution in [0.2, 0.25) is 5.02 Å². The fourth-order valence-corrected chi connectivity index (χ4v) is 1.86. The highest BCUT2D eigenvalue weighted by molar-refractivity contribution is 6.31. The van der Waals surface area contributed by atoms with E-state index in [0.29, 0.717) is 28.4 Å². The molecule has 0 saturated heterocycles. The van der Waals surface area contributed by atoms with Crippen LogP contribution in [0.3, 0.4) is 0 Å². The molecule has 0 fully saturated rings. The fourth-order valence-electron chi connectivity index (χ4n) is 1.70. The summed E-state index contributed by atoms with van der Waals surface area (Å²) in [5, 5.41) is 12.0. The van der Waals surface area contributed by atoms with E-state index in [2.05, 4.69) is 10.3 Å². The van der Waals surface area contributed by atoms with Gasteiger partial charge in [0, 0.05) is 11.9 Å². The number of carbonyl (C=O) groups excluding carboxylic acids is 1. The van der Waals surface area contributed by atoms with Gasteiger partial charge >= 0.3 is 0 Å². The number of nitriles is 1. The summed E-state index contributed by atoms with van der Waals surface area (Å²) in [6, 6.07) is 9.92. The average Bonchev–Trinajstić information content (AvgIpc) is 2.50. The van der Waals surface area contributed by atoms with Gasteiger partial charge in [0.25, 0.3) is 5.91 Å². The molecule has 2 rings (SSSR count). The van der Waals surface area contributed by atoms with Crippen molar-refractivity contribution in [2.75, 3.05) is 11.9 Å². The first-order valence-corrected chi connectivity index (χ1v) is 6.62. The lowest BCUT2D eigenvalue weighted by Crippen LogP contribution is -2.14. The molecule has 0 aliphatic carbocycles. The summed E-state index contributed by atoms with van der Waals surface area (Å²) in [4.78, 5) is 16.3. The van der Waals surface area contributed by atoms with Crippen molar-refractivity contribution in [3.63, 3.8) is 0 Å². The lowest BCUT2D eigenvalue weighted by Gasteiger charge is -2.09. The number of ether oxygens (including phenoxy) is 1. The lowest BCUT2D eigenvalue weighted by atomic mass is 10.2. The van der Waals surface area contributed by atoms with Crippen molar-refractivity contribution in [3.05, 3.63) is 52.7 Å². The zero-order chi connectivity index (χ0) is 15.2. The van der Waals surface area contributed by atoms with Crippen LogP contribution in [0.4, 0.5) is 5.69 Å². The highest BCUT2D eigenvalue weighted by Crippen LogP contribution is 2.21. The van der Waals surface area contributed by atoms with Gasteiger partial charge in [-0.1, -0.05) is 11.6 Å². The van der Waals surface area contributed by atoms with Crippen LogP contribution in [-0.2, 0) is 0 Å². The Morgan fingerprint density at radius 1 is 1.48 bits per heavy atom. The number of nitrogens with zero attached hydrogens (tertiary/aromatic N) is 2. The molecule has 0 atom stereocenters. The Morgan fingerprint density at radius 3 is 3.00 bits per heavy atom. The molecule has 1 aromatic heterocycles. The number of aromatic nitrogens is 1. The molecule has 0 spiro atoms. The molecule has 0 aliphatic rings. The quantitative estimate of drug-likeness (QED) is 0.940. The van der Waals surface area contributed by atoms with Gasteiger partial charge in [-0.15, -0.1) is 0 Å². The molecule has 0 aliphatic heterocycles. The number of amides is 1. The number of hydrogen-bond donors (Lipinski definition) is 1. The molecule has 0 bridgehead atoms. The molecule has 5 nitrogen and oxygen atoms in total. The third kappa shape index (κ3) is 3.50. The van der Waals surface area contributed by atoms with Gasteiger partial charge in [-0.05, 0) is 37.3 Å². The molecule has 1 heterocycles. The van der Waals surface area contributed by atoms with Crippen LogP contribution in [0.15, 0.2) is 36.5 Å². The summed E-state index contributed by atoms with van der Waals surface area (Å²) in [5.74, 6) is -0.0928. The van der Waals surface area contributed by atoms with E-state index in [0.717, 1.165) is 0 Å². The van der Waals surface area contributed by atoms with E-state index >= 15 is 0 Å². The molecular weight excluding hydrogens is 290 g/mol. The normalized spacial score (nSPS) is 9.76. The Hall–Kier alpha value is -2.58. The van der Waals surface area contributed by atoms with Crippen molar-refractivity contribution < 1.29 is 9.53 Å². The first-order chi connectivity index (χ1) is 10.2. The summed E-state index contributed by atoms with van der Waals surface area (Å²) < 4.78 is 5.31. The van der Waals surface area contributed by atoms with Crippen LogP contribution >= 0.6 is 11.6 Å². The van der Waals surface area contributed by atoms with E-state index in [9.17, 15) is 4.79 Å². The van der Waals surface area contributed by atoms with Gasteiger partial charge < -0.3 is 10.1 Å². The molecule has 1 N–H and O–H groups in total. The molecule has 1 amide bonds. The Labute approximate surface area is 127 Å². The molecule has 6 heteroatoms. The Balaban J connectivity index is 2.24. The number of pyridine rings is 1. The van der Waals surface area contributed by atoms with Gasteiger partial charge in [0.05, 0.1) is 17.2 Å². The summed E-state index contributed by atoms with van der Waals surface area (Å²) in [7, 11) is 0. The minimum absolute atomic E-state index is 0.270. The molecule has 0 radical (unpaired) electrons. The van der Waals surface area contributed by atoms with E-state index in [1.165, 1.54) is 6.07 Å².